The molecule has 0 unspecified atom stereocenters. The van der Waals surface area contributed by atoms with Crippen molar-refractivity contribution in [1.82, 2.24) is 28.7 Å². The first-order valence-corrected chi connectivity index (χ1v) is 11.2. The Labute approximate surface area is 164 Å². The third-order valence-electron chi connectivity index (χ3n) is 5.96. The molecule has 3 aromatic rings. The molecule has 2 fully saturated rings. The SMILES string of the molecule is Cc1cc2ncnn2cc1C1CCN(S(=O)(=O)c2cn(C)nc2C2CC2)CC1. The molecule has 0 radical (unpaired) electrons. The van der Waals surface area contributed by atoms with Crippen LogP contribution in [0.1, 0.15) is 54.3 Å². The van der Waals surface area contributed by atoms with Crippen LogP contribution in [-0.4, -0.2) is 50.2 Å². The fourth-order valence-electron chi connectivity index (χ4n) is 4.27. The van der Waals surface area contributed by atoms with E-state index < -0.39 is 10.0 Å². The monoisotopic (exact) mass is 400 g/mol. The van der Waals surface area contributed by atoms with Crippen molar-refractivity contribution in [2.75, 3.05) is 13.1 Å². The molecule has 0 atom stereocenters. The summed E-state index contributed by atoms with van der Waals surface area (Å²) in [5.74, 6) is 0.637. The molecule has 1 aliphatic heterocycles. The maximum Gasteiger partial charge on any atom is 0.246 e. The van der Waals surface area contributed by atoms with Gasteiger partial charge in [0.25, 0.3) is 0 Å². The molecule has 0 N–H and O–H groups in total. The minimum absolute atomic E-state index is 0.306. The van der Waals surface area contributed by atoms with Crippen LogP contribution >= 0.6 is 0 Å². The van der Waals surface area contributed by atoms with Gasteiger partial charge in [-0.05, 0) is 55.7 Å². The second kappa shape index (κ2) is 6.38. The molecule has 3 aromatic heterocycles. The van der Waals surface area contributed by atoms with Gasteiger partial charge in [-0.2, -0.15) is 14.5 Å². The molecule has 28 heavy (non-hydrogen) atoms. The molecular weight excluding hydrogens is 376 g/mol. The molecule has 1 saturated carbocycles. The fraction of sp³-hybridized carbons (Fsp3) is 0.526. The Morgan fingerprint density at radius 1 is 1.07 bits per heavy atom. The van der Waals surface area contributed by atoms with Crippen molar-refractivity contribution in [3.8, 4) is 0 Å². The first-order valence-electron chi connectivity index (χ1n) is 9.77. The molecule has 4 heterocycles. The summed E-state index contributed by atoms with van der Waals surface area (Å²) in [6, 6.07) is 2.04. The quantitative estimate of drug-likeness (QED) is 0.670. The van der Waals surface area contributed by atoms with E-state index in [9.17, 15) is 8.42 Å². The van der Waals surface area contributed by atoms with Gasteiger partial charge in [0.05, 0.1) is 5.69 Å². The van der Waals surface area contributed by atoms with Crippen molar-refractivity contribution in [3.05, 3.63) is 41.6 Å². The van der Waals surface area contributed by atoms with Gasteiger partial charge in [0.1, 0.15) is 11.2 Å². The minimum atomic E-state index is -3.50. The topological polar surface area (TPSA) is 85.4 Å². The molecule has 148 valence electrons. The molecule has 0 aromatic carbocycles. The zero-order valence-electron chi connectivity index (χ0n) is 16.1. The number of hydrogen-bond acceptors (Lipinski definition) is 5. The zero-order chi connectivity index (χ0) is 19.5. The van der Waals surface area contributed by atoms with Gasteiger partial charge < -0.3 is 0 Å². The Balaban J connectivity index is 1.37. The summed E-state index contributed by atoms with van der Waals surface area (Å²) in [4.78, 5) is 4.63. The molecule has 1 aliphatic carbocycles. The molecule has 0 bridgehead atoms. The van der Waals surface area contributed by atoms with Crippen molar-refractivity contribution >= 4 is 15.7 Å². The van der Waals surface area contributed by atoms with Crippen LogP contribution in [0.3, 0.4) is 0 Å². The molecule has 9 heteroatoms. The number of sulfonamides is 1. The Morgan fingerprint density at radius 2 is 1.82 bits per heavy atom. The number of fused-ring (bicyclic) bond motifs is 1. The molecular formula is C19H24N6O2S. The predicted octanol–water partition coefficient (Wildman–Crippen LogP) is 2.22. The number of rotatable bonds is 4. The number of aryl methyl sites for hydroxylation is 2. The summed E-state index contributed by atoms with van der Waals surface area (Å²) in [5.41, 5.74) is 4.00. The Hall–Kier alpha value is -2.26. The van der Waals surface area contributed by atoms with E-state index in [1.165, 1.54) is 11.1 Å². The minimum Gasteiger partial charge on any atom is -0.274 e. The molecule has 8 nitrogen and oxygen atoms in total. The second-order valence-electron chi connectivity index (χ2n) is 7.98. The van der Waals surface area contributed by atoms with E-state index in [1.54, 1.807) is 33.1 Å². The summed E-state index contributed by atoms with van der Waals surface area (Å²) in [5, 5.41) is 8.66. The summed E-state index contributed by atoms with van der Waals surface area (Å²) in [6.45, 7) is 3.15. The van der Waals surface area contributed by atoms with E-state index in [1.807, 2.05) is 12.3 Å². The number of piperidine rings is 1. The summed E-state index contributed by atoms with van der Waals surface area (Å²) in [6.07, 6.45) is 8.94. The van der Waals surface area contributed by atoms with Crippen LogP contribution in [0.4, 0.5) is 0 Å². The van der Waals surface area contributed by atoms with Crippen LogP contribution in [0.2, 0.25) is 0 Å². The first kappa shape index (κ1) is 17.8. The van der Waals surface area contributed by atoms with Gasteiger partial charge >= 0.3 is 0 Å². The van der Waals surface area contributed by atoms with Gasteiger partial charge in [-0.15, -0.1) is 0 Å². The number of aromatic nitrogens is 5. The van der Waals surface area contributed by atoms with E-state index in [2.05, 4.69) is 22.1 Å². The van der Waals surface area contributed by atoms with Crippen LogP contribution in [0.5, 0.6) is 0 Å². The standard InChI is InChI=1S/C19H24N6O2S/c1-13-9-18-20-12-21-25(18)10-16(13)14-5-7-24(8-6-14)28(26,27)17-11-23(2)22-19(17)15-3-4-15/h9-12,14-15H,3-8H2,1-2H3. The fourth-order valence-corrected chi connectivity index (χ4v) is 6.00. The van der Waals surface area contributed by atoms with Gasteiger partial charge in [0.2, 0.25) is 10.0 Å². The molecule has 0 amide bonds. The van der Waals surface area contributed by atoms with Crippen LogP contribution < -0.4 is 0 Å². The Bertz CT molecular complexity index is 1140. The average molecular weight is 401 g/mol. The largest absolute Gasteiger partial charge is 0.274 e. The van der Waals surface area contributed by atoms with Gasteiger partial charge in [-0.25, -0.2) is 17.9 Å². The summed E-state index contributed by atoms with van der Waals surface area (Å²) in [7, 11) is -1.70. The third kappa shape index (κ3) is 2.93. The lowest BCUT2D eigenvalue weighted by Crippen LogP contribution is -2.38. The lowest BCUT2D eigenvalue weighted by atomic mass is 9.89. The van der Waals surface area contributed by atoms with E-state index in [4.69, 9.17) is 0 Å². The molecule has 0 spiro atoms. The Morgan fingerprint density at radius 3 is 2.54 bits per heavy atom. The highest BCUT2D eigenvalue weighted by atomic mass is 32.2. The molecule has 2 aliphatic rings. The van der Waals surface area contributed by atoms with Crippen molar-refractivity contribution in [2.45, 2.75) is 49.3 Å². The lowest BCUT2D eigenvalue weighted by Gasteiger charge is -2.32. The number of hydrogen-bond donors (Lipinski definition) is 0. The number of nitrogens with zero attached hydrogens (tertiary/aromatic N) is 6. The molecule has 5 rings (SSSR count). The van der Waals surface area contributed by atoms with Gasteiger partial charge in [0, 0.05) is 38.4 Å². The highest BCUT2D eigenvalue weighted by molar-refractivity contribution is 7.89. The number of pyridine rings is 1. The van der Waals surface area contributed by atoms with Crippen molar-refractivity contribution in [2.24, 2.45) is 7.05 Å². The predicted molar refractivity (Wildman–Crippen MR) is 104 cm³/mol. The maximum atomic E-state index is 13.3. The first-order chi connectivity index (χ1) is 13.4. The van der Waals surface area contributed by atoms with Crippen LogP contribution in [0.15, 0.2) is 29.7 Å². The second-order valence-corrected chi connectivity index (χ2v) is 9.89. The van der Waals surface area contributed by atoms with E-state index >= 15 is 0 Å². The maximum absolute atomic E-state index is 13.3. The van der Waals surface area contributed by atoms with E-state index in [0.29, 0.717) is 29.8 Å². The lowest BCUT2D eigenvalue weighted by molar-refractivity contribution is 0.318. The zero-order valence-corrected chi connectivity index (χ0v) is 16.9. The van der Waals surface area contributed by atoms with E-state index in [-0.39, 0.29) is 0 Å². The van der Waals surface area contributed by atoms with Gasteiger partial charge in [-0.1, -0.05) is 0 Å². The van der Waals surface area contributed by atoms with Crippen molar-refractivity contribution in [1.29, 1.82) is 0 Å². The van der Waals surface area contributed by atoms with Crippen LogP contribution in [0.25, 0.3) is 5.65 Å². The van der Waals surface area contributed by atoms with Gasteiger partial charge in [-0.3, -0.25) is 4.68 Å². The van der Waals surface area contributed by atoms with Crippen molar-refractivity contribution < 1.29 is 8.42 Å². The molecule has 1 saturated heterocycles. The summed E-state index contributed by atoms with van der Waals surface area (Å²) >= 11 is 0. The average Bonchev–Trinajstić information content (AvgIpc) is 3.29. The summed E-state index contributed by atoms with van der Waals surface area (Å²) < 4.78 is 31.6. The van der Waals surface area contributed by atoms with Crippen molar-refractivity contribution in [3.63, 3.8) is 0 Å². The van der Waals surface area contributed by atoms with Gasteiger partial charge in [0.15, 0.2) is 5.65 Å². The Kier molecular flexibility index (Phi) is 4.06. The highest BCUT2D eigenvalue weighted by Crippen LogP contribution is 2.43. The van der Waals surface area contributed by atoms with Crippen LogP contribution in [0, 0.1) is 6.92 Å². The smallest absolute Gasteiger partial charge is 0.246 e. The third-order valence-corrected chi connectivity index (χ3v) is 7.88. The van der Waals surface area contributed by atoms with Crippen LogP contribution in [-0.2, 0) is 17.1 Å². The normalized spacial score (nSPS) is 19.5. The van der Waals surface area contributed by atoms with E-state index in [0.717, 1.165) is 37.0 Å². The highest BCUT2D eigenvalue weighted by Gasteiger charge is 2.37.